The third kappa shape index (κ3) is 6.88. The number of nitrogens with one attached hydrogen (secondary N) is 3. The Balaban J connectivity index is 1.48. The molecule has 2 aromatic carbocycles. The van der Waals surface area contributed by atoms with Crippen LogP contribution in [0.5, 0.6) is 0 Å². The molecular formula is C27H30N4O5. The van der Waals surface area contributed by atoms with Crippen LogP contribution in [-0.2, 0) is 24.0 Å². The molecule has 3 N–H and O–H groups in total. The number of amides is 5. The third-order valence-electron chi connectivity index (χ3n) is 5.94. The van der Waals surface area contributed by atoms with Crippen molar-refractivity contribution in [3.8, 4) is 0 Å². The summed E-state index contributed by atoms with van der Waals surface area (Å²) in [7, 11) is 0. The number of benzene rings is 2. The summed E-state index contributed by atoms with van der Waals surface area (Å²) >= 11 is 0. The van der Waals surface area contributed by atoms with Gasteiger partial charge < -0.3 is 16.0 Å². The molecule has 0 spiro atoms. The van der Waals surface area contributed by atoms with Gasteiger partial charge in [0.2, 0.25) is 17.7 Å². The van der Waals surface area contributed by atoms with Crippen molar-refractivity contribution < 1.29 is 24.0 Å². The number of anilines is 1. The molecule has 3 rings (SSSR count). The van der Waals surface area contributed by atoms with E-state index in [1.807, 2.05) is 36.4 Å². The van der Waals surface area contributed by atoms with Gasteiger partial charge in [-0.3, -0.25) is 28.9 Å². The minimum absolute atomic E-state index is 0.0778. The number of hydrogen-bond acceptors (Lipinski definition) is 5. The van der Waals surface area contributed by atoms with Crippen molar-refractivity contribution in [3.63, 3.8) is 0 Å². The molecule has 0 saturated heterocycles. The van der Waals surface area contributed by atoms with Gasteiger partial charge in [-0.15, -0.1) is 0 Å². The average Bonchev–Trinajstić information content (AvgIpc) is 3.19. The van der Waals surface area contributed by atoms with Crippen LogP contribution in [0.25, 0.3) is 0 Å². The number of carbonyl (C=O) groups excluding carboxylic acids is 5. The van der Waals surface area contributed by atoms with Gasteiger partial charge in [-0.1, -0.05) is 49.4 Å². The zero-order valence-corrected chi connectivity index (χ0v) is 20.5. The molecule has 36 heavy (non-hydrogen) atoms. The van der Waals surface area contributed by atoms with Gasteiger partial charge in [0.05, 0.1) is 0 Å². The fourth-order valence-electron chi connectivity index (χ4n) is 3.72. The number of imide groups is 1. The second kappa shape index (κ2) is 11.9. The predicted octanol–water partition coefficient (Wildman–Crippen LogP) is 2.10. The SMILES string of the molecule is C[C@H](c1ccccc1)c1cccc(NC(=O)[C@H](C)NC(=O)[C@H](C)NC(=O)CCN2C(=O)C=CC2=O)c1. The highest BCUT2D eigenvalue weighted by molar-refractivity contribution is 6.13. The Morgan fingerprint density at radius 1 is 0.778 bits per heavy atom. The van der Waals surface area contributed by atoms with Crippen molar-refractivity contribution in [1.29, 1.82) is 0 Å². The van der Waals surface area contributed by atoms with Crippen molar-refractivity contribution in [3.05, 3.63) is 77.9 Å². The second-order valence-corrected chi connectivity index (χ2v) is 8.68. The fourth-order valence-corrected chi connectivity index (χ4v) is 3.72. The van der Waals surface area contributed by atoms with Crippen LogP contribution < -0.4 is 16.0 Å². The molecule has 0 aliphatic carbocycles. The van der Waals surface area contributed by atoms with Gasteiger partial charge in [0, 0.05) is 36.7 Å². The maximum Gasteiger partial charge on any atom is 0.253 e. The van der Waals surface area contributed by atoms with Gasteiger partial charge in [-0.25, -0.2) is 0 Å². The molecular weight excluding hydrogens is 460 g/mol. The first-order chi connectivity index (χ1) is 17.2. The number of carbonyl (C=O) groups is 5. The summed E-state index contributed by atoms with van der Waals surface area (Å²) in [5.74, 6) is -2.23. The minimum atomic E-state index is -0.911. The molecule has 9 nitrogen and oxygen atoms in total. The highest BCUT2D eigenvalue weighted by Gasteiger charge is 2.25. The van der Waals surface area contributed by atoms with Crippen LogP contribution in [-0.4, -0.2) is 53.1 Å². The highest BCUT2D eigenvalue weighted by atomic mass is 16.2. The summed E-state index contributed by atoms with van der Waals surface area (Å²) in [4.78, 5) is 61.3. The average molecular weight is 491 g/mol. The lowest BCUT2D eigenvalue weighted by Gasteiger charge is -2.19. The molecule has 0 fully saturated rings. The lowest BCUT2D eigenvalue weighted by molar-refractivity contribution is -0.137. The Labute approximate surface area is 209 Å². The summed E-state index contributed by atoms with van der Waals surface area (Å²) in [6, 6.07) is 15.8. The zero-order chi connectivity index (χ0) is 26.2. The van der Waals surface area contributed by atoms with Gasteiger partial charge in [-0.05, 0) is 37.1 Å². The largest absolute Gasteiger partial charge is 0.345 e. The molecule has 5 amide bonds. The molecule has 1 aliphatic heterocycles. The molecule has 1 heterocycles. The van der Waals surface area contributed by atoms with Crippen LogP contribution in [0.1, 0.15) is 44.2 Å². The van der Waals surface area contributed by atoms with Crippen LogP contribution in [0.15, 0.2) is 66.7 Å². The van der Waals surface area contributed by atoms with E-state index in [2.05, 4.69) is 35.0 Å². The molecule has 188 valence electrons. The molecule has 0 aromatic heterocycles. The maximum atomic E-state index is 12.7. The molecule has 3 atom stereocenters. The zero-order valence-electron chi connectivity index (χ0n) is 20.5. The van der Waals surface area contributed by atoms with Crippen LogP contribution in [0, 0.1) is 0 Å². The van der Waals surface area contributed by atoms with Crippen LogP contribution in [0.3, 0.4) is 0 Å². The van der Waals surface area contributed by atoms with E-state index in [-0.39, 0.29) is 18.9 Å². The van der Waals surface area contributed by atoms with E-state index >= 15 is 0 Å². The fraction of sp³-hybridized carbons (Fsp3) is 0.296. The number of nitrogens with zero attached hydrogens (tertiary/aromatic N) is 1. The number of rotatable bonds is 10. The molecule has 0 radical (unpaired) electrons. The smallest absolute Gasteiger partial charge is 0.253 e. The van der Waals surface area contributed by atoms with E-state index in [1.165, 1.54) is 6.92 Å². The molecule has 1 aliphatic rings. The van der Waals surface area contributed by atoms with Gasteiger partial charge >= 0.3 is 0 Å². The Kier molecular flexibility index (Phi) is 8.72. The quantitative estimate of drug-likeness (QED) is 0.440. The van der Waals surface area contributed by atoms with Crippen LogP contribution in [0.2, 0.25) is 0 Å². The third-order valence-corrected chi connectivity index (χ3v) is 5.94. The van der Waals surface area contributed by atoms with E-state index in [0.717, 1.165) is 28.2 Å². The summed E-state index contributed by atoms with van der Waals surface area (Å²) in [6.45, 7) is 5.05. The molecule has 9 heteroatoms. The molecule has 0 bridgehead atoms. The van der Waals surface area contributed by atoms with Gasteiger partial charge in [0.1, 0.15) is 12.1 Å². The van der Waals surface area contributed by atoms with Gasteiger partial charge in [0.15, 0.2) is 0 Å². The summed E-state index contributed by atoms with van der Waals surface area (Å²) in [5, 5.41) is 7.91. The lowest BCUT2D eigenvalue weighted by atomic mass is 9.93. The second-order valence-electron chi connectivity index (χ2n) is 8.68. The molecule has 0 unspecified atom stereocenters. The monoisotopic (exact) mass is 490 g/mol. The Morgan fingerprint density at radius 3 is 2.06 bits per heavy atom. The summed E-state index contributed by atoms with van der Waals surface area (Å²) in [6.07, 6.45) is 2.15. The summed E-state index contributed by atoms with van der Waals surface area (Å²) in [5.41, 5.74) is 2.82. The maximum absolute atomic E-state index is 12.7. The van der Waals surface area contributed by atoms with Crippen LogP contribution in [0.4, 0.5) is 5.69 Å². The van der Waals surface area contributed by atoms with Gasteiger partial charge in [-0.2, -0.15) is 0 Å². The molecule has 2 aromatic rings. The lowest BCUT2D eigenvalue weighted by Crippen LogP contribution is -2.50. The van der Waals surface area contributed by atoms with E-state index in [1.54, 1.807) is 13.0 Å². The Morgan fingerprint density at radius 2 is 1.39 bits per heavy atom. The number of hydrogen-bond donors (Lipinski definition) is 3. The van der Waals surface area contributed by atoms with Crippen molar-refractivity contribution in [2.24, 2.45) is 0 Å². The predicted molar refractivity (Wildman–Crippen MR) is 135 cm³/mol. The normalized spacial score (nSPS) is 15.2. The van der Waals surface area contributed by atoms with Crippen molar-refractivity contribution in [1.82, 2.24) is 15.5 Å². The molecule has 0 saturated carbocycles. The standard InChI is InChI=1S/C27H30N4O5/c1-17(20-8-5-4-6-9-20)21-10-7-11-22(16-21)30-27(36)19(3)29-26(35)18(2)28-23(32)14-15-31-24(33)12-13-25(31)34/h4-13,16-19H,14-15H2,1-3H3,(H,28,32)(H,29,35)(H,30,36)/t17-,18+,19+/m1/s1. The topological polar surface area (TPSA) is 125 Å². The van der Waals surface area contributed by atoms with E-state index < -0.39 is 41.6 Å². The first-order valence-electron chi connectivity index (χ1n) is 11.7. The van der Waals surface area contributed by atoms with Crippen molar-refractivity contribution >= 4 is 35.2 Å². The van der Waals surface area contributed by atoms with Crippen molar-refractivity contribution in [2.75, 3.05) is 11.9 Å². The van der Waals surface area contributed by atoms with E-state index in [9.17, 15) is 24.0 Å². The van der Waals surface area contributed by atoms with E-state index in [4.69, 9.17) is 0 Å². The first-order valence-corrected chi connectivity index (χ1v) is 11.7. The van der Waals surface area contributed by atoms with Crippen LogP contribution >= 0.6 is 0 Å². The Hall–Kier alpha value is -4.27. The van der Waals surface area contributed by atoms with E-state index in [0.29, 0.717) is 5.69 Å². The minimum Gasteiger partial charge on any atom is -0.345 e. The Bertz CT molecular complexity index is 1160. The summed E-state index contributed by atoms with van der Waals surface area (Å²) < 4.78 is 0. The highest BCUT2D eigenvalue weighted by Crippen LogP contribution is 2.25. The first kappa shape index (κ1) is 26.3. The van der Waals surface area contributed by atoms with Crippen molar-refractivity contribution in [2.45, 2.75) is 45.2 Å². The van der Waals surface area contributed by atoms with Gasteiger partial charge in [0.25, 0.3) is 11.8 Å².